The highest BCUT2D eigenvalue weighted by atomic mass is 15.3. The van der Waals surface area contributed by atoms with E-state index in [1.807, 2.05) is 27.1 Å². The Morgan fingerprint density at radius 2 is 2.06 bits per heavy atom. The highest BCUT2D eigenvalue weighted by Crippen LogP contribution is 2.17. The number of nitrogens with one attached hydrogen (secondary N) is 2. The number of rotatable bonds is 4. The first-order valence-corrected chi connectivity index (χ1v) is 5.52. The van der Waals surface area contributed by atoms with Crippen LogP contribution in [0, 0.1) is 6.92 Å². The zero-order chi connectivity index (χ0) is 12.3. The number of hydrogen-bond donors (Lipinski definition) is 2. The molecule has 0 aromatic carbocycles. The molecule has 90 valence electrons. The molecule has 0 saturated carbocycles. The highest BCUT2D eigenvalue weighted by molar-refractivity contribution is 5.58. The molecular formula is C11H16N6. The molecule has 17 heavy (non-hydrogen) atoms. The fraction of sp³-hybridized carbons (Fsp3) is 0.364. The number of nitrogens with zero attached hydrogens (tertiary/aromatic N) is 4. The lowest BCUT2D eigenvalue weighted by Crippen LogP contribution is -2.02. The van der Waals surface area contributed by atoms with E-state index in [9.17, 15) is 0 Å². The molecule has 0 unspecified atom stereocenters. The zero-order valence-corrected chi connectivity index (χ0v) is 10.2. The monoisotopic (exact) mass is 232 g/mol. The van der Waals surface area contributed by atoms with Crippen LogP contribution in [0.4, 0.5) is 17.3 Å². The first-order valence-electron chi connectivity index (χ1n) is 5.52. The van der Waals surface area contributed by atoms with Crippen LogP contribution < -0.4 is 10.6 Å². The zero-order valence-electron chi connectivity index (χ0n) is 10.2. The van der Waals surface area contributed by atoms with Crippen LogP contribution in [0.15, 0.2) is 18.6 Å². The highest BCUT2D eigenvalue weighted by Gasteiger charge is 2.04. The molecule has 6 nitrogen and oxygen atoms in total. The van der Waals surface area contributed by atoms with E-state index in [1.165, 1.54) is 0 Å². The molecule has 2 aromatic rings. The van der Waals surface area contributed by atoms with Crippen LogP contribution in [0.25, 0.3) is 0 Å². The maximum Gasteiger partial charge on any atom is 0.151 e. The summed E-state index contributed by atoms with van der Waals surface area (Å²) < 4.78 is 1.76. The lowest BCUT2D eigenvalue weighted by atomic mass is 10.4. The smallest absolute Gasteiger partial charge is 0.151 e. The predicted octanol–water partition coefficient (Wildman–Crippen LogP) is 1.69. The Morgan fingerprint density at radius 1 is 1.29 bits per heavy atom. The molecule has 0 aliphatic rings. The second-order valence-corrected chi connectivity index (χ2v) is 3.75. The largest absolute Gasteiger partial charge is 0.369 e. The minimum Gasteiger partial charge on any atom is -0.369 e. The van der Waals surface area contributed by atoms with Crippen molar-refractivity contribution in [3.63, 3.8) is 0 Å². The molecule has 0 amide bonds. The molecule has 2 N–H and O–H groups in total. The standard InChI is InChI=1S/C11H16N6/c1-4-13-10-5-12-6-11(15-10)14-9-7-17(3)16-8(9)2/h5-7H,4H2,1-3H3,(H2,13,14,15). The topological polar surface area (TPSA) is 67.7 Å². The van der Waals surface area contributed by atoms with Crippen molar-refractivity contribution in [3.05, 3.63) is 24.3 Å². The summed E-state index contributed by atoms with van der Waals surface area (Å²) in [6, 6.07) is 0. The van der Waals surface area contributed by atoms with Crippen LogP contribution in [-0.4, -0.2) is 26.3 Å². The third-order valence-electron chi connectivity index (χ3n) is 2.27. The van der Waals surface area contributed by atoms with Crippen molar-refractivity contribution in [1.82, 2.24) is 19.7 Å². The van der Waals surface area contributed by atoms with E-state index in [4.69, 9.17) is 0 Å². The second kappa shape index (κ2) is 4.82. The number of anilines is 3. The molecule has 6 heteroatoms. The van der Waals surface area contributed by atoms with Crippen LogP contribution >= 0.6 is 0 Å². The Kier molecular flexibility index (Phi) is 3.22. The average molecular weight is 232 g/mol. The van der Waals surface area contributed by atoms with Gasteiger partial charge in [0, 0.05) is 19.8 Å². The van der Waals surface area contributed by atoms with E-state index in [2.05, 4.69) is 25.7 Å². The quantitative estimate of drug-likeness (QED) is 0.839. The summed E-state index contributed by atoms with van der Waals surface area (Å²) in [7, 11) is 1.89. The van der Waals surface area contributed by atoms with E-state index in [-0.39, 0.29) is 0 Å². The fourth-order valence-electron chi connectivity index (χ4n) is 1.55. The van der Waals surface area contributed by atoms with Gasteiger partial charge in [0.2, 0.25) is 0 Å². The van der Waals surface area contributed by atoms with Crippen molar-refractivity contribution >= 4 is 17.3 Å². The summed E-state index contributed by atoms with van der Waals surface area (Å²) in [5.74, 6) is 1.47. The van der Waals surface area contributed by atoms with Crippen molar-refractivity contribution in [2.75, 3.05) is 17.2 Å². The van der Waals surface area contributed by atoms with Gasteiger partial charge in [-0.3, -0.25) is 9.67 Å². The molecule has 0 fully saturated rings. The molecule has 2 rings (SSSR count). The predicted molar refractivity (Wildman–Crippen MR) is 67.4 cm³/mol. The Hall–Kier alpha value is -2.11. The number of hydrogen-bond acceptors (Lipinski definition) is 5. The van der Waals surface area contributed by atoms with E-state index in [0.717, 1.165) is 23.7 Å². The maximum absolute atomic E-state index is 4.39. The minimum atomic E-state index is 0.708. The third kappa shape index (κ3) is 2.72. The van der Waals surface area contributed by atoms with Crippen LogP contribution in [-0.2, 0) is 7.05 Å². The first-order chi connectivity index (χ1) is 8.19. The SMILES string of the molecule is CCNc1cncc(Nc2cn(C)nc2C)n1. The van der Waals surface area contributed by atoms with Crippen molar-refractivity contribution in [2.45, 2.75) is 13.8 Å². The van der Waals surface area contributed by atoms with Gasteiger partial charge in [-0.1, -0.05) is 0 Å². The fourth-order valence-corrected chi connectivity index (χ4v) is 1.55. The Labute approximate surface area is 100 Å². The van der Waals surface area contributed by atoms with Crippen molar-refractivity contribution in [2.24, 2.45) is 7.05 Å². The summed E-state index contributed by atoms with van der Waals surface area (Å²) in [6.45, 7) is 4.79. The van der Waals surface area contributed by atoms with E-state index < -0.39 is 0 Å². The molecule has 2 heterocycles. The first kappa shape index (κ1) is 11.4. The van der Waals surface area contributed by atoms with Gasteiger partial charge in [-0.05, 0) is 13.8 Å². The molecule has 0 radical (unpaired) electrons. The van der Waals surface area contributed by atoms with Gasteiger partial charge >= 0.3 is 0 Å². The molecule has 0 saturated heterocycles. The summed E-state index contributed by atoms with van der Waals surface area (Å²) in [5.41, 5.74) is 1.87. The summed E-state index contributed by atoms with van der Waals surface area (Å²) >= 11 is 0. The molecular weight excluding hydrogens is 216 g/mol. The second-order valence-electron chi connectivity index (χ2n) is 3.75. The van der Waals surface area contributed by atoms with E-state index in [1.54, 1.807) is 17.1 Å². The lowest BCUT2D eigenvalue weighted by Gasteiger charge is -2.06. The van der Waals surface area contributed by atoms with Gasteiger partial charge in [-0.25, -0.2) is 4.98 Å². The van der Waals surface area contributed by atoms with Gasteiger partial charge in [0.05, 0.1) is 23.8 Å². The van der Waals surface area contributed by atoms with Gasteiger partial charge in [-0.15, -0.1) is 0 Å². The Balaban J connectivity index is 2.18. The van der Waals surface area contributed by atoms with Gasteiger partial charge < -0.3 is 10.6 Å². The third-order valence-corrected chi connectivity index (χ3v) is 2.27. The molecule has 0 aliphatic heterocycles. The van der Waals surface area contributed by atoms with Crippen LogP contribution in [0.2, 0.25) is 0 Å². The Bertz CT molecular complexity index is 504. The van der Waals surface area contributed by atoms with Gasteiger partial charge in [0.1, 0.15) is 5.82 Å². The number of aromatic nitrogens is 4. The average Bonchev–Trinajstić information content (AvgIpc) is 2.58. The Morgan fingerprint density at radius 3 is 2.71 bits per heavy atom. The van der Waals surface area contributed by atoms with Crippen LogP contribution in [0.1, 0.15) is 12.6 Å². The summed E-state index contributed by atoms with van der Waals surface area (Å²) in [4.78, 5) is 8.51. The van der Waals surface area contributed by atoms with Crippen molar-refractivity contribution in [3.8, 4) is 0 Å². The maximum atomic E-state index is 4.39. The molecule has 2 aromatic heterocycles. The van der Waals surface area contributed by atoms with Crippen LogP contribution in [0.5, 0.6) is 0 Å². The van der Waals surface area contributed by atoms with E-state index in [0.29, 0.717) is 5.82 Å². The van der Waals surface area contributed by atoms with E-state index >= 15 is 0 Å². The molecule has 0 aliphatic carbocycles. The summed E-state index contributed by atoms with van der Waals surface area (Å²) in [5, 5.41) is 10.6. The lowest BCUT2D eigenvalue weighted by molar-refractivity contribution is 0.756. The van der Waals surface area contributed by atoms with Gasteiger partial charge in [-0.2, -0.15) is 5.10 Å². The summed E-state index contributed by atoms with van der Waals surface area (Å²) in [6.07, 6.45) is 5.30. The molecule has 0 atom stereocenters. The van der Waals surface area contributed by atoms with Gasteiger partial charge in [0.25, 0.3) is 0 Å². The molecule has 0 spiro atoms. The molecule has 0 bridgehead atoms. The van der Waals surface area contributed by atoms with Crippen molar-refractivity contribution < 1.29 is 0 Å². The normalized spacial score (nSPS) is 10.3. The minimum absolute atomic E-state index is 0.708. The van der Waals surface area contributed by atoms with Crippen molar-refractivity contribution in [1.29, 1.82) is 0 Å². The number of aryl methyl sites for hydroxylation is 2. The van der Waals surface area contributed by atoms with Crippen LogP contribution in [0.3, 0.4) is 0 Å². The van der Waals surface area contributed by atoms with Gasteiger partial charge in [0.15, 0.2) is 5.82 Å².